The zero-order chi connectivity index (χ0) is 14.0. The van der Waals surface area contributed by atoms with E-state index in [0.29, 0.717) is 16.6 Å². The van der Waals surface area contributed by atoms with Crippen LogP contribution in [0.5, 0.6) is 0 Å². The molecule has 0 atom stereocenters. The first-order valence-corrected chi connectivity index (χ1v) is 5.45. The Morgan fingerprint density at radius 2 is 2.00 bits per heavy atom. The number of nitrogens with zero attached hydrogens (tertiary/aromatic N) is 1. The molecule has 19 heavy (non-hydrogen) atoms. The van der Waals surface area contributed by atoms with Gasteiger partial charge in [0.05, 0.1) is 17.7 Å². The average molecular weight is 273 g/mol. The van der Waals surface area contributed by atoms with Crippen molar-refractivity contribution < 1.29 is 17.6 Å². The van der Waals surface area contributed by atoms with Gasteiger partial charge in [-0.2, -0.15) is 8.78 Å². The number of nitrogens with two attached hydrogens (primary N) is 1. The molecule has 0 unspecified atom stereocenters. The number of alkyl halides is 4. The van der Waals surface area contributed by atoms with E-state index in [9.17, 15) is 17.6 Å². The minimum Gasteiger partial charge on any atom is -0.398 e. The fourth-order valence-electron chi connectivity index (χ4n) is 1.63. The molecule has 2 aromatic rings. The third-order valence-corrected chi connectivity index (χ3v) is 2.64. The van der Waals surface area contributed by atoms with E-state index < -0.39 is 18.9 Å². The third-order valence-electron chi connectivity index (χ3n) is 2.64. The fourth-order valence-corrected chi connectivity index (χ4v) is 1.63. The summed E-state index contributed by atoms with van der Waals surface area (Å²) >= 11 is 0. The maximum Gasteiger partial charge on any atom is 0.324 e. The molecule has 0 saturated carbocycles. The number of nitrogens with one attached hydrogen (secondary N) is 1. The first kappa shape index (κ1) is 13.4. The molecule has 0 aliphatic carbocycles. The van der Waals surface area contributed by atoms with E-state index in [-0.39, 0.29) is 5.69 Å². The second-order valence-electron chi connectivity index (χ2n) is 4.02. The molecule has 2 rings (SSSR count). The van der Waals surface area contributed by atoms with E-state index >= 15 is 0 Å². The lowest BCUT2D eigenvalue weighted by Crippen LogP contribution is -2.34. The van der Waals surface area contributed by atoms with Crippen molar-refractivity contribution in [3.63, 3.8) is 0 Å². The molecule has 0 spiro atoms. The van der Waals surface area contributed by atoms with Crippen LogP contribution in [-0.2, 0) is 0 Å². The van der Waals surface area contributed by atoms with Gasteiger partial charge in [-0.1, -0.05) is 0 Å². The van der Waals surface area contributed by atoms with Gasteiger partial charge in [0.1, 0.15) is 0 Å². The SMILES string of the molecule is Nc1ccc(NCC(F)(F)C(F)F)c2ncccc12. The topological polar surface area (TPSA) is 50.9 Å². The molecule has 1 aromatic carbocycles. The molecule has 0 bridgehead atoms. The van der Waals surface area contributed by atoms with Crippen molar-refractivity contribution in [2.45, 2.75) is 12.3 Å². The highest BCUT2D eigenvalue weighted by atomic mass is 19.3. The normalized spacial score (nSPS) is 12.1. The molecule has 0 amide bonds. The van der Waals surface area contributed by atoms with Crippen LogP contribution in [-0.4, -0.2) is 23.9 Å². The summed E-state index contributed by atoms with van der Waals surface area (Å²) in [6.07, 6.45) is -2.24. The van der Waals surface area contributed by atoms with Gasteiger partial charge in [-0.25, -0.2) is 8.78 Å². The lowest BCUT2D eigenvalue weighted by Gasteiger charge is -2.17. The Bertz CT molecular complexity index is 586. The Morgan fingerprint density at radius 3 is 2.68 bits per heavy atom. The first-order valence-electron chi connectivity index (χ1n) is 5.45. The van der Waals surface area contributed by atoms with E-state index in [2.05, 4.69) is 10.3 Å². The smallest absolute Gasteiger partial charge is 0.324 e. The maximum atomic E-state index is 12.9. The third kappa shape index (κ3) is 2.69. The summed E-state index contributed by atoms with van der Waals surface area (Å²) in [4.78, 5) is 4.01. The van der Waals surface area contributed by atoms with Gasteiger partial charge in [-0.3, -0.25) is 4.98 Å². The van der Waals surface area contributed by atoms with E-state index in [4.69, 9.17) is 5.73 Å². The molecular formula is C12H11F4N3. The standard InChI is InChI=1S/C12H11F4N3/c13-11(14)12(15,16)6-19-9-4-3-8(17)7-2-1-5-18-10(7)9/h1-5,11,19H,6,17H2. The molecule has 1 aromatic heterocycles. The quantitative estimate of drug-likeness (QED) is 0.664. The molecule has 0 saturated heterocycles. The number of pyridine rings is 1. The second kappa shape index (κ2) is 4.91. The van der Waals surface area contributed by atoms with Gasteiger partial charge in [0, 0.05) is 17.3 Å². The highest BCUT2D eigenvalue weighted by molar-refractivity contribution is 5.98. The summed E-state index contributed by atoms with van der Waals surface area (Å²) in [5.74, 6) is -4.09. The maximum absolute atomic E-state index is 12.9. The average Bonchev–Trinajstić information content (AvgIpc) is 2.38. The van der Waals surface area contributed by atoms with Gasteiger partial charge in [0.2, 0.25) is 0 Å². The number of hydrogen-bond donors (Lipinski definition) is 2. The number of nitrogen functional groups attached to an aromatic ring is 1. The van der Waals surface area contributed by atoms with Crippen LogP contribution in [0.25, 0.3) is 10.9 Å². The highest BCUT2D eigenvalue weighted by Gasteiger charge is 2.40. The van der Waals surface area contributed by atoms with Crippen LogP contribution < -0.4 is 11.1 Å². The van der Waals surface area contributed by atoms with Crippen molar-refractivity contribution >= 4 is 22.3 Å². The number of benzene rings is 1. The Hall–Kier alpha value is -2.05. The minimum atomic E-state index is -4.09. The summed E-state index contributed by atoms with van der Waals surface area (Å²) < 4.78 is 49.8. The van der Waals surface area contributed by atoms with Crippen molar-refractivity contribution in [3.05, 3.63) is 30.5 Å². The summed E-state index contributed by atoms with van der Waals surface area (Å²) in [7, 11) is 0. The van der Waals surface area contributed by atoms with E-state index in [1.165, 1.54) is 18.3 Å². The van der Waals surface area contributed by atoms with E-state index in [1.54, 1.807) is 12.1 Å². The zero-order valence-corrected chi connectivity index (χ0v) is 9.71. The molecule has 1 heterocycles. The summed E-state index contributed by atoms with van der Waals surface area (Å²) in [6, 6.07) is 6.27. The van der Waals surface area contributed by atoms with Gasteiger partial charge in [-0.15, -0.1) is 0 Å². The van der Waals surface area contributed by atoms with Crippen molar-refractivity contribution in [2.75, 3.05) is 17.6 Å². The predicted molar refractivity (Wildman–Crippen MR) is 65.6 cm³/mol. The van der Waals surface area contributed by atoms with Crippen molar-refractivity contribution in [1.29, 1.82) is 0 Å². The monoisotopic (exact) mass is 273 g/mol. The lowest BCUT2D eigenvalue weighted by atomic mass is 10.1. The van der Waals surface area contributed by atoms with Gasteiger partial charge >= 0.3 is 12.3 Å². The summed E-state index contributed by atoms with van der Waals surface area (Å²) in [5, 5.41) is 2.87. The molecule has 0 radical (unpaired) electrons. The zero-order valence-electron chi connectivity index (χ0n) is 9.71. The van der Waals surface area contributed by atoms with Crippen LogP contribution in [0.2, 0.25) is 0 Å². The summed E-state index contributed by atoms with van der Waals surface area (Å²) in [6.45, 7) is -1.17. The molecule has 3 nitrogen and oxygen atoms in total. The van der Waals surface area contributed by atoms with Crippen molar-refractivity contribution in [2.24, 2.45) is 0 Å². The molecule has 7 heteroatoms. The van der Waals surface area contributed by atoms with Crippen LogP contribution in [0.3, 0.4) is 0 Å². The number of hydrogen-bond acceptors (Lipinski definition) is 3. The van der Waals surface area contributed by atoms with E-state index in [0.717, 1.165) is 0 Å². The lowest BCUT2D eigenvalue weighted by molar-refractivity contribution is -0.117. The highest BCUT2D eigenvalue weighted by Crippen LogP contribution is 2.28. The van der Waals surface area contributed by atoms with Crippen LogP contribution in [0, 0.1) is 0 Å². The molecule has 0 fully saturated rings. The number of halogens is 4. The van der Waals surface area contributed by atoms with Crippen LogP contribution in [0.4, 0.5) is 28.9 Å². The van der Waals surface area contributed by atoms with Crippen LogP contribution >= 0.6 is 0 Å². The largest absolute Gasteiger partial charge is 0.398 e. The van der Waals surface area contributed by atoms with Gasteiger partial charge < -0.3 is 11.1 Å². The van der Waals surface area contributed by atoms with Crippen molar-refractivity contribution in [3.8, 4) is 0 Å². The molecule has 0 aliphatic rings. The molecular weight excluding hydrogens is 262 g/mol. The van der Waals surface area contributed by atoms with Gasteiger partial charge in [0.15, 0.2) is 0 Å². The minimum absolute atomic E-state index is 0.241. The molecule has 0 aliphatic heterocycles. The Kier molecular flexibility index (Phi) is 3.46. The van der Waals surface area contributed by atoms with Gasteiger partial charge in [-0.05, 0) is 24.3 Å². The number of aromatic nitrogens is 1. The number of rotatable bonds is 4. The van der Waals surface area contributed by atoms with Crippen molar-refractivity contribution in [1.82, 2.24) is 4.98 Å². The molecule has 3 N–H and O–H groups in total. The predicted octanol–water partition coefficient (Wildman–Crippen LogP) is 3.13. The Labute approximate surface area is 106 Å². The summed E-state index contributed by atoms with van der Waals surface area (Å²) in [5.41, 5.74) is 6.77. The molecule has 102 valence electrons. The van der Waals surface area contributed by atoms with E-state index in [1.807, 2.05) is 0 Å². The fraction of sp³-hybridized carbons (Fsp3) is 0.250. The number of fused-ring (bicyclic) bond motifs is 1. The van der Waals surface area contributed by atoms with Crippen LogP contribution in [0.1, 0.15) is 0 Å². The van der Waals surface area contributed by atoms with Crippen LogP contribution in [0.15, 0.2) is 30.5 Å². The Morgan fingerprint density at radius 1 is 1.26 bits per heavy atom. The Balaban J connectivity index is 2.29. The van der Waals surface area contributed by atoms with Gasteiger partial charge in [0.25, 0.3) is 0 Å². The first-order chi connectivity index (χ1) is 8.92. The second-order valence-corrected chi connectivity index (χ2v) is 4.02. The number of anilines is 2.